The highest BCUT2D eigenvalue weighted by atomic mass is 19.2. The fourth-order valence-corrected chi connectivity index (χ4v) is 7.57. The molecule has 2 aromatic carbocycles. The van der Waals surface area contributed by atoms with E-state index in [-0.39, 0.29) is 40.5 Å². The summed E-state index contributed by atoms with van der Waals surface area (Å²) in [6.45, 7) is 5.56. The first-order chi connectivity index (χ1) is 20.9. The van der Waals surface area contributed by atoms with Crippen LogP contribution < -0.4 is 19.9 Å². The lowest BCUT2D eigenvalue weighted by molar-refractivity contribution is 0.0973. The van der Waals surface area contributed by atoms with E-state index in [1.165, 1.54) is 35.9 Å². The number of halogens is 2. The lowest BCUT2D eigenvalue weighted by Gasteiger charge is -2.37. The van der Waals surface area contributed by atoms with Gasteiger partial charge in [0.15, 0.2) is 11.6 Å². The molecule has 1 saturated carbocycles. The van der Waals surface area contributed by atoms with Crippen molar-refractivity contribution in [3.8, 4) is 11.8 Å². The molecule has 4 aliphatic heterocycles. The van der Waals surface area contributed by atoms with Gasteiger partial charge >= 0.3 is 6.01 Å². The lowest BCUT2D eigenvalue weighted by Crippen LogP contribution is -2.52. The van der Waals surface area contributed by atoms with Gasteiger partial charge in [-0.2, -0.15) is 9.97 Å². The van der Waals surface area contributed by atoms with Crippen LogP contribution in [0, 0.1) is 17.0 Å². The molecule has 1 aromatic heterocycles. The number of ether oxygens (including phenoxy) is 1. The normalized spacial score (nSPS) is 24.6. The van der Waals surface area contributed by atoms with Crippen LogP contribution in [0.15, 0.2) is 24.3 Å². The highest BCUT2D eigenvalue weighted by molar-refractivity contribution is 6.12. The van der Waals surface area contributed by atoms with E-state index in [1.54, 1.807) is 0 Å². The Kier molecular flexibility index (Phi) is 6.45. The number of phenols is 1. The van der Waals surface area contributed by atoms with Crippen molar-refractivity contribution in [1.29, 1.82) is 0 Å². The van der Waals surface area contributed by atoms with Crippen molar-refractivity contribution in [3.63, 3.8) is 0 Å². The SMILES string of the molecule is O=C1c2nc(OCC3(CN4CCCC4)CC3)nc(N3C[C@H]4CC[C@@H](C3)N4)c2CCN1c1cc(O)cc2ccc(F)c(F)c12. The average Bonchev–Trinajstić information content (AvgIpc) is 3.40. The van der Waals surface area contributed by atoms with Crippen molar-refractivity contribution in [2.75, 3.05) is 55.7 Å². The number of amides is 1. The van der Waals surface area contributed by atoms with Gasteiger partial charge in [0.2, 0.25) is 0 Å². The van der Waals surface area contributed by atoms with E-state index >= 15 is 4.39 Å². The number of piperazine rings is 1. The van der Waals surface area contributed by atoms with E-state index in [0.29, 0.717) is 30.5 Å². The molecule has 2 N–H and O–H groups in total. The molecule has 0 unspecified atom stereocenters. The van der Waals surface area contributed by atoms with E-state index in [0.717, 1.165) is 75.9 Å². The van der Waals surface area contributed by atoms with E-state index in [9.17, 15) is 14.3 Å². The number of aromatic nitrogens is 2. The van der Waals surface area contributed by atoms with Gasteiger partial charge in [-0.05, 0) is 75.6 Å². The molecule has 0 radical (unpaired) electrons. The molecule has 3 aromatic rings. The van der Waals surface area contributed by atoms with Gasteiger partial charge in [0.25, 0.3) is 5.91 Å². The molecule has 5 heterocycles. The van der Waals surface area contributed by atoms with Gasteiger partial charge in [-0.25, -0.2) is 8.78 Å². The molecule has 11 heteroatoms. The van der Waals surface area contributed by atoms with Crippen LogP contribution in [0.25, 0.3) is 10.8 Å². The van der Waals surface area contributed by atoms with Gasteiger partial charge in [-0.15, -0.1) is 0 Å². The van der Waals surface area contributed by atoms with Crippen molar-refractivity contribution >= 4 is 28.2 Å². The predicted molar refractivity (Wildman–Crippen MR) is 158 cm³/mol. The summed E-state index contributed by atoms with van der Waals surface area (Å²) in [4.78, 5) is 29.9. The quantitative estimate of drug-likeness (QED) is 0.427. The number of fused-ring (bicyclic) bond motifs is 4. The van der Waals surface area contributed by atoms with Gasteiger partial charge in [-0.3, -0.25) is 4.79 Å². The van der Waals surface area contributed by atoms with Crippen molar-refractivity contribution in [2.24, 2.45) is 5.41 Å². The molecule has 1 aliphatic carbocycles. The maximum Gasteiger partial charge on any atom is 0.319 e. The Bertz CT molecular complexity index is 1600. The maximum absolute atomic E-state index is 15.1. The van der Waals surface area contributed by atoms with Crippen molar-refractivity contribution < 1.29 is 23.4 Å². The number of anilines is 2. The van der Waals surface area contributed by atoms with Crippen LogP contribution >= 0.6 is 0 Å². The zero-order chi connectivity index (χ0) is 29.3. The molecule has 5 aliphatic rings. The Balaban J connectivity index is 1.16. The monoisotopic (exact) mass is 590 g/mol. The molecule has 2 bridgehead atoms. The summed E-state index contributed by atoms with van der Waals surface area (Å²) in [7, 11) is 0. The number of aromatic hydroxyl groups is 1. The number of carbonyl (C=O) groups is 1. The number of nitrogens with one attached hydrogen (secondary N) is 1. The molecule has 8 rings (SSSR count). The summed E-state index contributed by atoms with van der Waals surface area (Å²) in [6.07, 6.45) is 7.33. The number of phenolic OH excluding ortho intramolecular Hbond substituents is 1. The summed E-state index contributed by atoms with van der Waals surface area (Å²) in [5.41, 5.74) is 1.18. The first-order valence-corrected chi connectivity index (χ1v) is 15.6. The second-order valence-corrected chi connectivity index (χ2v) is 13.1. The van der Waals surface area contributed by atoms with E-state index < -0.39 is 17.5 Å². The topological polar surface area (TPSA) is 94.1 Å². The lowest BCUT2D eigenvalue weighted by atomic mass is 10.0. The van der Waals surface area contributed by atoms with Crippen molar-refractivity contribution in [3.05, 3.63) is 47.2 Å². The fraction of sp³-hybridized carbons (Fsp3) is 0.531. The minimum atomic E-state index is -1.05. The summed E-state index contributed by atoms with van der Waals surface area (Å²) < 4.78 is 35.8. The molecule has 1 amide bonds. The molecular formula is C32H36F2N6O3. The number of rotatable bonds is 7. The Morgan fingerprint density at radius 3 is 2.56 bits per heavy atom. The zero-order valence-electron chi connectivity index (χ0n) is 24.1. The number of likely N-dealkylation sites (tertiary alicyclic amines) is 1. The molecule has 4 fully saturated rings. The Morgan fingerprint density at radius 2 is 1.81 bits per heavy atom. The number of hydrogen-bond acceptors (Lipinski definition) is 8. The Hall–Kier alpha value is -3.57. The summed E-state index contributed by atoms with van der Waals surface area (Å²) >= 11 is 0. The fourth-order valence-electron chi connectivity index (χ4n) is 7.57. The molecular weight excluding hydrogens is 554 g/mol. The number of nitrogens with zero attached hydrogens (tertiary/aromatic N) is 5. The third-order valence-electron chi connectivity index (χ3n) is 10.00. The second kappa shape index (κ2) is 10.3. The molecule has 0 spiro atoms. The van der Waals surface area contributed by atoms with Gasteiger partial charge in [-0.1, -0.05) is 6.07 Å². The third kappa shape index (κ3) is 4.86. The average molecular weight is 591 g/mol. The van der Waals surface area contributed by atoms with Crippen LogP contribution in [0.5, 0.6) is 11.8 Å². The first kappa shape index (κ1) is 27.0. The van der Waals surface area contributed by atoms with Crippen LogP contribution in [0.2, 0.25) is 0 Å². The Morgan fingerprint density at radius 1 is 1.05 bits per heavy atom. The molecule has 226 valence electrons. The van der Waals surface area contributed by atoms with E-state index in [2.05, 4.69) is 20.1 Å². The van der Waals surface area contributed by atoms with Crippen LogP contribution in [0.3, 0.4) is 0 Å². The van der Waals surface area contributed by atoms with Crippen LogP contribution in [-0.2, 0) is 6.42 Å². The largest absolute Gasteiger partial charge is 0.508 e. The van der Waals surface area contributed by atoms with Gasteiger partial charge < -0.3 is 29.9 Å². The summed E-state index contributed by atoms with van der Waals surface area (Å²) in [6, 6.07) is 6.03. The smallest absolute Gasteiger partial charge is 0.319 e. The maximum atomic E-state index is 15.1. The van der Waals surface area contributed by atoms with E-state index in [4.69, 9.17) is 9.72 Å². The highest BCUT2D eigenvalue weighted by Crippen LogP contribution is 2.47. The molecule has 3 saturated heterocycles. The standard InChI is InChI=1S/C32H36F2N6O3/c33-24-6-3-19-13-22(41)14-25(26(19)27(24)34)40-12-7-23-28(30(40)42)36-31(37-29(23)39-15-20-4-5-21(16-39)35-20)43-18-32(8-9-32)17-38-10-1-2-11-38/h3,6,13-14,20-21,35,41H,1-2,4-5,7-12,15-18H2/t20-,21+. The molecule has 2 atom stereocenters. The van der Waals surface area contributed by atoms with Gasteiger partial charge in [0.05, 0.1) is 12.3 Å². The number of carbonyl (C=O) groups excluding carboxylic acids is 1. The number of benzene rings is 2. The second-order valence-electron chi connectivity index (χ2n) is 13.1. The number of hydrogen-bond donors (Lipinski definition) is 2. The minimum absolute atomic E-state index is 0.0448. The minimum Gasteiger partial charge on any atom is -0.508 e. The van der Waals surface area contributed by atoms with Crippen LogP contribution in [0.4, 0.5) is 20.3 Å². The van der Waals surface area contributed by atoms with Crippen LogP contribution in [0.1, 0.15) is 54.6 Å². The predicted octanol–water partition coefficient (Wildman–Crippen LogP) is 4.01. The zero-order valence-corrected chi connectivity index (χ0v) is 24.1. The highest BCUT2D eigenvalue weighted by Gasteiger charge is 2.46. The summed E-state index contributed by atoms with van der Waals surface area (Å²) in [5, 5.41) is 14.4. The van der Waals surface area contributed by atoms with Crippen molar-refractivity contribution in [2.45, 2.75) is 57.0 Å². The first-order valence-electron chi connectivity index (χ1n) is 15.6. The Labute approximate surface area is 248 Å². The van der Waals surface area contributed by atoms with Crippen molar-refractivity contribution in [1.82, 2.24) is 20.2 Å². The third-order valence-corrected chi connectivity index (χ3v) is 10.00. The van der Waals surface area contributed by atoms with Crippen LogP contribution in [-0.4, -0.2) is 83.8 Å². The molecule has 43 heavy (non-hydrogen) atoms. The van der Waals surface area contributed by atoms with Gasteiger partial charge in [0.1, 0.15) is 17.3 Å². The van der Waals surface area contributed by atoms with Gasteiger partial charge in [0, 0.05) is 60.7 Å². The van der Waals surface area contributed by atoms with E-state index in [1.807, 2.05) is 0 Å². The summed E-state index contributed by atoms with van der Waals surface area (Å²) in [5.74, 6) is -1.91. The molecule has 9 nitrogen and oxygen atoms in total.